The average Bonchev–Trinajstić information content (AvgIpc) is 2.19. The lowest BCUT2D eigenvalue weighted by molar-refractivity contribution is -0.158. The SMILES string of the molecule is COC(=O)C1(CNCC(C)(C)C(C)(C)C)CCC1. The van der Waals surface area contributed by atoms with Gasteiger partial charge in [-0.15, -0.1) is 0 Å². The van der Waals surface area contributed by atoms with Crippen LogP contribution >= 0.6 is 0 Å². The van der Waals surface area contributed by atoms with Crippen molar-refractivity contribution in [3.05, 3.63) is 0 Å². The first-order valence-electron chi connectivity index (χ1n) is 6.94. The van der Waals surface area contributed by atoms with Crippen LogP contribution in [0.25, 0.3) is 0 Å². The molecule has 0 aliphatic heterocycles. The zero-order valence-corrected chi connectivity index (χ0v) is 12.9. The molecule has 1 saturated carbocycles. The van der Waals surface area contributed by atoms with Crippen LogP contribution < -0.4 is 5.32 Å². The Morgan fingerprint density at radius 2 is 1.78 bits per heavy atom. The van der Waals surface area contributed by atoms with Gasteiger partial charge in [0.2, 0.25) is 0 Å². The van der Waals surface area contributed by atoms with Crippen LogP contribution in [-0.4, -0.2) is 26.2 Å². The summed E-state index contributed by atoms with van der Waals surface area (Å²) >= 11 is 0. The van der Waals surface area contributed by atoms with Crippen molar-refractivity contribution in [1.82, 2.24) is 5.32 Å². The molecule has 18 heavy (non-hydrogen) atoms. The molecule has 3 nitrogen and oxygen atoms in total. The lowest BCUT2D eigenvalue weighted by atomic mass is 9.67. The highest BCUT2D eigenvalue weighted by atomic mass is 16.5. The van der Waals surface area contributed by atoms with Crippen LogP contribution in [0.2, 0.25) is 0 Å². The molecule has 0 saturated heterocycles. The van der Waals surface area contributed by atoms with Gasteiger partial charge in [0.1, 0.15) is 0 Å². The van der Waals surface area contributed by atoms with Gasteiger partial charge in [-0.1, -0.05) is 41.0 Å². The standard InChI is InChI=1S/C15H29NO2/c1-13(2,3)14(4,5)10-16-11-15(8-7-9-15)12(17)18-6/h16H,7-11H2,1-6H3. The monoisotopic (exact) mass is 255 g/mol. The Morgan fingerprint density at radius 1 is 1.22 bits per heavy atom. The molecular formula is C15H29NO2. The first kappa shape index (κ1) is 15.5. The van der Waals surface area contributed by atoms with Gasteiger partial charge in [0.15, 0.2) is 0 Å². The molecule has 1 aliphatic rings. The number of nitrogens with one attached hydrogen (secondary N) is 1. The van der Waals surface area contributed by atoms with Crippen LogP contribution in [0, 0.1) is 16.2 Å². The molecular weight excluding hydrogens is 226 g/mol. The molecule has 1 rings (SSSR count). The molecule has 0 bridgehead atoms. The number of ether oxygens (including phenoxy) is 1. The van der Waals surface area contributed by atoms with Crippen molar-refractivity contribution in [2.75, 3.05) is 20.2 Å². The molecule has 1 aliphatic carbocycles. The summed E-state index contributed by atoms with van der Waals surface area (Å²) in [5.74, 6) is -0.0465. The van der Waals surface area contributed by atoms with E-state index in [2.05, 4.69) is 39.9 Å². The Kier molecular flexibility index (Phi) is 4.47. The second-order valence-electron chi connectivity index (χ2n) is 7.36. The second-order valence-corrected chi connectivity index (χ2v) is 7.36. The predicted molar refractivity (Wildman–Crippen MR) is 74.4 cm³/mol. The number of rotatable bonds is 5. The fourth-order valence-corrected chi connectivity index (χ4v) is 2.15. The maximum absolute atomic E-state index is 11.8. The lowest BCUT2D eigenvalue weighted by Crippen LogP contribution is -2.49. The highest BCUT2D eigenvalue weighted by Gasteiger charge is 2.45. The maximum atomic E-state index is 11.8. The van der Waals surface area contributed by atoms with E-state index < -0.39 is 0 Å². The van der Waals surface area contributed by atoms with Crippen LogP contribution in [-0.2, 0) is 9.53 Å². The summed E-state index contributed by atoms with van der Waals surface area (Å²) in [4.78, 5) is 11.8. The molecule has 0 atom stereocenters. The number of carbonyl (C=O) groups is 1. The first-order valence-corrected chi connectivity index (χ1v) is 6.94. The zero-order chi connectivity index (χ0) is 14.0. The molecule has 1 N–H and O–H groups in total. The fraction of sp³-hybridized carbons (Fsp3) is 0.933. The highest BCUT2D eigenvalue weighted by Crippen LogP contribution is 2.42. The minimum Gasteiger partial charge on any atom is -0.469 e. The molecule has 0 aromatic heterocycles. The van der Waals surface area contributed by atoms with Gasteiger partial charge in [0.05, 0.1) is 12.5 Å². The molecule has 106 valence electrons. The van der Waals surface area contributed by atoms with Crippen LogP contribution in [0.5, 0.6) is 0 Å². The second kappa shape index (κ2) is 5.20. The van der Waals surface area contributed by atoms with E-state index in [1.165, 1.54) is 7.11 Å². The van der Waals surface area contributed by atoms with E-state index in [-0.39, 0.29) is 22.2 Å². The molecule has 0 heterocycles. The number of methoxy groups -OCH3 is 1. The lowest BCUT2D eigenvalue weighted by Gasteiger charge is -2.42. The van der Waals surface area contributed by atoms with Gasteiger partial charge in [0.25, 0.3) is 0 Å². The molecule has 0 aromatic rings. The topological polar surface area (TPSA) is 38.3 Å². The fourth-order valence-electron chi connectivity index (χ4n) is 2.15. The number of hydrogen-bond donors (Lipinski definition) is 1. The van der Waals surface area contributed by atoms with Crippen molar-refractivity contribution in [3.8, 4) is 0 Å². The van der Waals surface area contributed by atoms with Crippen molar-refractivity contribution in [1.29, 1.82) is 0 Å². The van der Waals surface area contributed by atoms with Gasteiger partial charge in [-0.05, 0) is 23.7 Å². The Bertz CT molecular complexity index is 298. The van der Waals surface area contributed by atoms with Gasteiger partial charge in [-0.3, -0.25) is 4.79 Å². The summed E-state index contributed by atoms with van der Waals surface area (Å²) in [6, 6.07) is 0. The molecule has 0 unspecified atom stereocenters. The quantitative estimate of drug-likeness (QED) is 0.768. The van der Waals surface area contributed by atoms with Crippen LogP contribution in [0.3, 0.4) is 0 Å². The van der Waals surface area contributed by atoms with Crippen molar-refractivity contribution in [2.45, 2.75) is 53.9 Å². The molecule has 3 heteroatoms. The largest absolute Gasteiger partial charge is 0.469 e. The van der Waals surface area contributed by atoms with Gasteiger partial charge < -0.3 is 10.1 Å². The predicted octanol–water partition coefficient (Wildman–Crippen LogP) is 2.99. The highest BCUT2D eigenvalue weighted by molar-refractivity contribution is 5.78. The minimum absolute atomic E-state index is 0.0465. The molecule has 0 spiro atoms. The van der Waals surface area contributed by atoms with E-state index in [0.717, 1.165) is 32.4 Å². The van der Waals surface area contributed by atoms with Crippen LogP contribution in [0.4, 0.5) is 0 Å². The number of hydrogen-bond acceptors (Lipinski definition) is 3. The van der Waals surface area contributed by atoms with E-state index in [4.69, 9.17) is 4.74 Å². The van der Waals surface area contributed by atoms with Gasteiger partial charge in [0, 0.05) is 13.1 Å². The average molecular weight is 255 g/mol. The third-order valence-corrected chi connectivity index (χ3v) is 4.99. The maximum Gasteiger partial charge on any atom is 0.313 e. The normalized spacial score (nSPS) is 19.2. The van der Waals surface area contributed by atoms with E-state index in [1.807, 2.05) is 0 Å². The molecule has 0 radical (unpaired) electrons. The Labute approximate surface area is 112 Å². The van der Waals surface area contributed by atoms with E-state index in [9.17, 15) is 4.79 Å². The summed E-state index contributed by atoms with van der Waals surface area (Å²) < 4.78 is 4.93. The van der Waals surface area contributed by atoms with E-state index in [0.29, 0.717) is 0 Å². The van der Waals surface area contributed by atoms with Crippen molar-refractivity contribution in [2.24, 2.45) is 16.2 Å². The summed E-state index contributed by atoms with van der Waals surface area (Å²) in [6.45, 7) is 13.0. The third-order valence-electron chi connectivity index (χ3n) is 4.99. The zero-order valence-electron chi connectivity index (χ0n) is 12.9. The first-order chi connectivity index (χ1) is 8.15. The Hall–Kier alpha value is -0.570. The van der Waals surface area contributed by atoms with Crippen molar-refractivity contribution in [3.63, 3.8) is 0 Å². The number of esters is 1. The Morgan fingerprint density at radius 3 is 2.11 bits per heavy atom. The third kappa shape index (κ3) is 3.05. The van der Waals surface area contributed by atoms with Crippen LogP contribution in [0.15, 0.2) is 0 Å². The summed E-state index contributed by atoms with van der Waals surface area (Å²) in [5, 5.41) is 3.49. The summed E-state index contributed by atoms with van der Waals surface area (Å²) in [6.07, 6.45) is 3.06. The summed E-state index contributed by atoms with van der Waals surface area (Å²) in [5.41, 5.74) is 0.203. The van der Waals surface area contributed by atoms with Gasteiger partial charge in [-0.2, -0.15) is 0 Å². The molecule has 0 aromatic carbocycles. The minimum atomic E-state index is -0.247. The van der Waals surface area contributed by atoms with E-state index in [1.54, 1.807) is 0 Å². The smallest absolute Gasteiger partial charge is 0.313 e. The molecule has 0 amide bonds. The van der Waals surface area contributed by atoms with Gasteiger partial charge >= 0.3 is 5.97 Å². The van der Waals surface area contributed by atoms with Crippen LogP contribution in [0.1, 0.15) is 53.9 Å². The Balaban J connectivity index is 2.49. The van der Waals surface area contributed by atoms with E-state index >= 15 is 0 Å². The molecule has 1 fully saturated rings. The number of carbonyl (C=O) groups excluding carboxylic acids is 1. The van der Waals surface area contributed by atoms with Crippen molar-refractivity contribution >= 4 is 5.97 Å². The van der Waals surface area contributed by atoms with Crippen molar-refractivity contribution < 1.29 is 9.53 Å². The van der Waals surface area contributed by atoms with Gasteiger partial charge in [-0.25, -0.2) is 0 Å². The summed E-state index contributed by atoms with van der Waals surface area (Å²) in [7, 11) is 1.49.